The van der Waals surface area contributed by atoms with Gasteiger partial charge in [0.1, 0.15) is 5.69 Å². The van der Waals surface area contributed by atoms with Crippen LogP contribution >= 0.6 is 0 Å². The van der Waals surface area contributed by atoms with Crippen LogP contribution in [-0.2, 0) is 11.2 Å². The molecule has 1 aromatic heterocycles. The number of carbonyl (C=O) groups excluding carboxylic acids is 1. The lowest BCUT2D eigenvalue weighted by molar-refractivity contribution is -0.117. The predicted octanol–water partition coefficient (Wildman–Crippen LogP) is 3.77. The van der Waals surface area contributed by atoms with Crippen LogP contribution in [0.4, 0.5) is 5.69 Å². The van der Waals surface area contributed by atoms with E-state index in [-0.39, 0.29) is 18.0 Å². The molecule has 3 rings (SSSR count). The number of rotatable bonds is 5. The first-order valence-corrected chi connectivity index (χ1v) is 8.21. The van der Waals surface area contributed by atoms with Gasteiger partial charge in [-0.2, -0.15) is 0 Å². The number of aromatic amines is 1. The Morgan fingerprint density at radius 2 is 1.88 bits per heavy atom. The molecule has 0 fully saturated rings. The first kappa shape index (κ1) is 16.8. The molecule has 128 valence electrons. The minimum atomic E-state index is -1.06. The lowest BCUT2D eigenvalue weighted by atomic mass is 10.1. The van der Waals surface area contributed by atoms with Gasteiger partial charge >= 0.3 is 5.97 Å². The molecule has 5 heteroatoms. The van der Waals surface area contributed by atoms with Crippen molar-refractivity contribution >= 4 is 28.5 Å². The van der Waals surface area contributed by atoms with Crippen LogP contribution in [0.25, 0.3) is 10.9 Å². The number of anilines is 1. The normalized spacial score (nSPS) is 10.8. The van der Waals surface area contributed by atoms with E-state index >= 15 is 0 Å². The highest BCUT2D eigenvalue weighted by molar-refractivity contribution is 6.03. The second kappa shape index (κ2) is 6.81. The Balaban J connectivity index is 1.98. The van der Waals surface area contributed by atoms with E-state index in [1.54, 1.807) is 4.90 Å². The maximum absolute atomic E-state index is 12.9. The van der Waals surface area contributed by atoms with E-state index in [0.29, 0.717) is 12.1 Å². The van der Waals surface area contributed by atoms with E-state index in [4.69, 9.17) is 0 Å². The van der Waals surface area contributed by atoms with E-state index in [0.717, 1.165) is 22.2 Å². The third-order valence-corrected chi connectivity index (χ3v) is 4.29. The molecule has 0 aliphatic carbocycles. The minimum absolute atomic E-state index is 0.0351. The van der Waals surface area contributed by atoms with Crippen LogP contribution in [0.5, 0.6) is 0 Å². The third-order valence-electron chi connectivity index (χ3n) is 4.29. The summed E-state index contributed by atoms with van der Waals surface area (Å²) in [5.41, 5.74) is 3.22. The van der Waals surface area contributed by atoms with Crippen molar-refractivity contribution in [3.05, 3.63) is 65.4 Å². The summed E-state index contributed by atoms with van der Waals surface area (Å²) in [6, 6.07) is 15.1. The van der Waals surface area contributed by atoms with Gasteiger partial charge in [0.2, 0.25) is 5.91 Å². The molecule has 0 saturated carbocycles. The van der Waals surface area contributed by atoms with Gasteiger partial charge in [0.25, 0.3) is 0 Å². The molecule has 0 aliphatic heterocycles. The molecular formula is C20H20N2O3. The molecule has 0 aliphatic rings. The number of hydrogen-bond donors (Lipinski definition) is 2. The molecule has 0 radical (unpaired) electrons. The second-order valence-corrected chi connectivity index (χ2v) is 5.98. The van der Waals surface area contributed by atoms with Gasteiger partial charge in [0, 0.05) is 28.7 Å². The Hall–Kier alpha value is -3.08. The average molecular weight is 336 g/mol. The highest BCUT2D eigenvalue weighted by Crippen LogP contribution is 2.25. The lowest BCUT2D eigenvalue weighted by Gasteiger charge is -2.21. The zero-order chi connectivity index (χ0) is 18.0. The number of amides is 1. The van der Waals surface area contributed by atoms with Gasteiger partial charge in [-0.1, -0.05) is 30.3 Å². The number of carbonyl (C=O) groups is 2. The van der Waals surface area contributed by atoms with Crippen molar-refractivity contribution in [1.29, 1.82) is 0 Å². The highest BCUT2D eigenvalue weighted by Gasteiger charge is 2.22. The van der Waals surface area contributed by atoms with Gasteiger partial charge in [-0.15, -0.1) is 0 Å². The summed E-state index contributed by atoms with van der Waals surface area (Å²) in [6.07, 6.45) is 0.0351. The summed E-state index contributed by atoms with van der Waals surface area (Å²) in [6.45, 7) is 4.41. The Bertz CT molecular complexity index is 943. The summed E-state index contributed by atoms with van der Waals surface area (Å²) in [7, 11) is 0. The molecule has 1 amide bonds. The van der Waals surface area contributed by atoms with Crippen LogP contribution < -0.4 is 4.90 Å². The van der Waals surface area contributed by atoms with E-state index in [2.05, 4.69) is 4.98 Å². The molecule has 25 heavy (non-hydrogen) atoms. The van der Waals surface area contributed by atoms with Crippen LogP contribution in [-0.4, -0.2) is 28.5 Å². The van der Waals surface area contributed by atoms with Crippen LogP contribution in [0, 0.1) is 6.92 Å². The summed E-state index contributed by atoms with van der Waals surface area (Å²) in [5.74, 6) is -1.18. The number of carboxylic acid groups (broad SMARTS) is 1. The van der Waals surface area contributed by atoms with Crippen molar-refractivity contribution in [2.24, 2.45) is 0 Å². The van der Waals surface area contributed by atoms with E-state index < -0.39 is 5.97 Å². The molecule has 0 unspecified atom stereocenters. The molecule has 2 N–H and O–H groups in total. The number of nitrogens with one attached hydrogen (secondary N) is 1. The first-order valence-electron chi connectivity index (χ1n) is 8.21. The molecule has 0 saturated heterocycles. The van der Waals surface area contributed by atoms with Crippen LogP contribution in [0.2, 0.25) is 0 Å². The van der Waals surface area contributed by atoms with E-state index in [1.807, 2.05) is 62.4 Å². The maximum Gasteiger partial charge on any atom is 0.352 e. The molecule has 1 heterocycles. The standard InChI is InChI=1S/C20H20N2O3/c1-3-22(14-8-6-7-13(2)11-14)18(23)12-16-15-9-4-5-10-17(15)21-19(16)20(24)25/h4-11,21H,3,12H2,1-2H3,(H,24,25). The van der Waals surface area contributed by atoms with Crippen molar-refractivity contribution in [1.82, 2.24) is 4.98 Å². The van der Waals surface area contributed by atoms with Crippen molar-refractivity contribution in [3.8, 4) is 0 Å². The van der Waals surface area contributed by atoms with Crippen molar-refractivity contribution in [2.45, 2.75) is 20.3 Å². The zero-order valence-corrected chi connectivity index (χ0v) is 14.2. The van der Waals surface area contributed by atoms with Crippen molar-refractivity contribution in [2.75, 3.05) is 11.4 Å². The molecule has 3 aromatic rings. The number of carboxylic acids is 1. The SMILES string of the molecule is CCN(C(=O)Cc1c(C(=O)O)[nH]c2ccccc12)c1cccc(C)c1. The number of aromatic carboxylic acids is 1. The summed E-state index contributed by atoms with van der Waals surface area (Å²) >= 11 is 0. The molecule has 0 spiro atoms. The number of nitrogens with zero attached hydrogens (tertiary/aromatic N) is 1. The van der Waals surface area contributed by atoms with E-state index in [9.17, 15) is 14.7 Å². The lowest BCUT2D eigenvalue weighted by Crippen LogP contribution is -2.32. The smallest absolute Gasteiger partial charge is 0.352 e. The Morgan fingerprint density at radius 3 is 2.56 bits per heavy atom. The number of H-pyrrole nitrogens is 1. The summed E-state index contributed by atoms with van der Waals surface area (Å²) in [4.78, 5) is 29.0. The molecule has 0 bridgehead atoms. The Labute approximate surface area is 145 Å². The number of para-hydroxylation sites is 1. The van der Waals surface area contributed by atoms with Gasteiger partial charge in [-0.05, 0) is 37.6 Å². The fourth-order valence-corrected chi connectivity index (χ4v) is 3.11. The van der Waals surface area contributed by atoms with Gasteiger partial charge < -0.3 is 15.0 Å². The van der Waals surface area contributed by atoms with Gasteiger partial charge in [-0.25, -0.2) is 4.79 Å². The van der Waals surface area contributed by atoms with Gasteiger partial charge in [-0.3, -0.25) is 4.79 Å². The van der Waals surface area contributed by atoms with Gasteiger partial charge in [0.15, 0.2) is 0 Å². The number of aryl methyl sites for hydroxylation is 1. The monoisotopic (exact) mass is 336 g/mol. The fourth-order valence-electron chi connectivity index (χ4n) is 3.11. The fraction of sp³-hybridized carbons (Fsp3) is 0.200. The Kier molecular flexibility index (Phi) is 4.57. The largest absolute Gasteiger partial charge is 0.477 e. The van der Waals surface area contributed by atoms with Crippen molar-refractivity contribution < 1.29 is 14.7 Å². The second-order valence-electron chi connectivity index (χ2n) is 5.98. The molecule has 5 nitrogen and oxygen atoms in total. The number of fused-ring (bicyclic) bond motifs is 1. The first-order chi connectivity index (χ1) is 12.0. The highest BCUT2D eigenvalue weighted by atomic mass is 16.4. The summed E-state index contributed by atoms with van der Waals surface area (Å²) < 4.78 is 0. The van der Waals surface area contributed by atoms with Crippen molar-refractivity contribution in [3.63, 3.8) is 0 Å². The van der Waals surface area contributed by atoms with E-state index in [1.165, 1.54) is 0 Å². The molecule has 2 aromatic carbocycles. The van der Waals surface area contributed by atoms with Crippen LogP contribution in [0.15, 0.2) is 48.5 Å². The quantitative estimate of drug-likeness (QED) is 0.745. The average Bonchev–Trinajstić information content (AvgIpc) is 2.95. The number of hydrogen-bond acceptors (Lipinski definition) is 2. The summed E-state index contributed by atoms with van der Waals surface area (Å²) in [5, 5.41) is 10.2. The maximum atomic E-state index is 12.9. The number of likely N-dealkylation sites (N-methyl/N-ethyl adjacent to an activating group) is 1. The minimum Gasteiger partial charge on any atom is -0.477 e. The zero-order valence-electron chi connectivity index (χ0n) is 14.2. The molecular weight excluding hydrogens is 316 g/mol. The van der Waals surface area contributed by atoms with Gasteiger partial charge in [0.05, 0.1) is 6.42 Å². The Morgan fingerprint density at radius 1 is 1.12 bits per heavy atom. The number of aromatic nitrogens is 1. The predicted molar refractivity (Wildman–Crippen MR) is 98.2 cm³/mol. The van der Waals surface area contributed by atoms with Crippen LogP contribution in [0.1, 0.15) is 28.5 Å². The van der Waals surface area contributed by atoms with Crippen LogP contribution in [0.3, 0.4) is 0 Å². The topological polar surface area (TPSA) is 73.4 Å². The third kappa shape index (κ3) is 3.26. The number of benzene rings is 2. The molecule has 0 atom stereocenters.